The summed E-state index contributed by atoms with van der Waals surface area (Å²) in [6.07, 6.45) is 0. The van der Waals surface area contributed by atoms with Crippen LogP contribution >= 0.6 is 0 Å². The van der Waals surface area contributed by atoms with E-state index in [1.807, 2.05) is 51.1 Å². The molecule has 27 heavy (non-hydrogen) atoms. The van der Waals surface area contributed by atoms with Crippen molar-refractivity contribution >= 4 is 21.4 Å². The Morgan fingerprint density at radius 2 is 1.74 bits per heavy atom. The number of aryl methyl sites for hydroxylation is 3. The first kappa shape index (κ1) is 21.1. The van der Waals surface area contributed by atoms with E-state index in [1.54, 1.807) is 24.9 Å². The number of likely N-dealkylation sites (N-methyl/N-ethyl adjacent to an activating group) is 1. The van der Waals surface area contributed by atoms with Crippen LogP contribution in [0.3, 0.4) is 0 Å². The van der Waals surface area contributed by atoms with E-state index in [1.165, 1.54) is 0 Å². The number of hydrogen-bond donors (Lipinski definition) is 1. The fourth-order valence-electron chi connectivity index (χ4n) is 2.83. The van der Waals surface area contributed by atoms with Crippen LogP contribution in [-0.4, -0.2) is 45.1 Å². The number of anilines is 1. The zero-order valence-corrected chi connectivity index (χ0v) is 17.5. The molecule has 0 aromatic heterocycles. The molecule has 0 atom stereocenters. The highest BCUT2D eigenvalue weighted by atomic mass is 32.2. The van der Waals surface area contributed by atoms with Gasteiger partial charge in [-0.2, -0.15) is 0 Å². The molecule has 0 fully saturated rings. The van der Waals surface area contributed by atoms with Crippen molar-refractivity contribution < 1.29 is 13.2 Å². The summed E-state index contributed by atoms with van der Waals surface area (Å²) < 4.78 is 25.3. The van der Waals surface area contributed by atoms with E-state index in [0.717, 1.165) is 27.9 Å². The fraction of sp³-hybridized carbons (Fsp3) is 0.381. The molecule has 0 aliphatic heterocycles. The lowest BCUT2D eigenvalue weighted by Crippen LogP contribution is -2.33. The molecule has 0 unspecified atom stereocenters. The molecule has 0 bridgehead atoms. The van der Waals surface area contributed by atoms with Crippen molar-refractivity contribution in [2.24, 2.45) is 0 Å². The summed E-state index contributed by atoms with van der Waals surface area (Å²) >= 11 is 0. The Bertz CT molecular complexity index is 936. The van der Waals surface area contributed by atoms with Crippen LogP contribution in [0.4, 0.5) is 5.69 Å². The van der Waals surface area contributed by atoms with E-state index >= 15 is 0 Å². The summed E-state index contributed by atoms with van der Waals surface area (Å²) in [4.78, 5) is 14.4. The Morgan fingerprint density at radius 1 is 1.04 bits per heavy atom. The number of benzene rings is 2. The number of amides is 1. The molecular formula is C21H28N2O3S. The summed E-state index contributed by atoms with van der Waals surface area (Å²) in [5.41, 5.74) is 4.60. The Hall–Kier alpha value is -2.18. The topological polar surface area (TPSA) is 66.5 Å². The van der Waals surface area contributed by atoms with Gasteiger partial charge in [-0.05, 0) is 69.1 Å². The number of rotatable bonds is 7. The van der Waals surface area contributed by atoms with E-state index in [0.29, 0.717) is 4.90 Å². The van der Waals surface area contributed by atoms with Gasteiger partial charge in [0.25, 0.3) is 0 Å². The van der Waals surface area contributed by atoms with Crippen molar-refractivity contribution in [3.05, 3.63) is 58.7 Å². The smallest absolute Gasteiger partial charge is 0.238 e. The van der Waals surface area contributed by atoms with Gasteiger partial charge in [-0.3, -0.25) is 9.69 Å². The van der Waals surface area contributed by atoms with Gasteiger partial charge < -0.3 is 5.32 Å². The molecule has 0 saturated heterocycles. The monoisotopic (exact) mass is 388 g/mol. The van der Waals surface area contributed by atoms with Gasteiger partial charge in [-0.25, -0.2) is 8.42 Å². The number of carbonyl (C=O) groups is 1. The van der Waals surface area contributed by atoms with Gasteiger partial charge in [0.15, 0.2) is 9.84 Å². The third-order valence-corrected chi connectivity index (χ3v) is 6.54. The van der Waals surface area contributed by atoms with Crippen LogP contribution in [0.25, 0.3) is 0 Å². The second-order valence-corrected chi connectivity index (χ2v) is 9.20. The quantitative estimate of drug-likeness (QED) is 0.791. The molecular weight excluding hydrogens is 360 g/mol. The van der Waals surface area contributed by atoms with Gasteiger partial charge in [-0.15, -0.1) is 0 Å². The third kappa shape index (κ3) is 5.65. The van der Waals surface area contributed by atoms with Crippen molar-refractivity contribution in [3.63, 3.8) is 0 Å². The van der Waals surface area contributed by atoms with Crippen molar-refractivity contribution in [1.29, 1.82) is 0 Å². The summed E-state index contributed by atoms with van der Waals surface area (Å²) in [6.45, 7) is 8.06. The Morgan fingerprint density at radius 3 is 2.44 bits per heavy atom. The lowest BCUT2D eigenvalue weighted by Gasteiger charge is -2.18. The minimum Gasteiger partial charge on any atom is -0.325 e. The maximum absolute atomic E-state index is 12.6. The molecule has 0 aliphatic rings. The van der Waals surface area contributed by atoms with Gasteiger partial charge in [0, 0.05) is 12.2 Å². The molecule has 2 aromatic carbocycles. The molecule has 1 N–H and O–H groups in total. The van der Waals surface area contributed by atoms with Gasteiger partial charge in [0.1, 0.15) is 0 Å². The minimum atomic E-state index is -3.39. The summed E-state index contributed by atoms with van der Waals surface area (Å²) in [5, 5.41) is 2.90. The lowest BCUT2D eigenvalue weighted by molar-refractivity contribution is -0.117. The van der Waals surface area contributed by atoms with E-state index < -0.39 is 9.84 Å². The van der Waals surface area contributed by atoms with Crippen LogP contribution < -0.4 is 5.32 Å². The first-order valence-electron chi connectivity index (χ1n) is 8.95. The van der Waals surface area contributed by atoms with Gasteiger partial charge in [0.2, 0.25) is 5.91 Å². The van der Waals surface area contributed by atoms with Crippen LogP contribution in [0, 0.1) is 27.7 Å². The van der Waals surface area contributed by atoms with Crippen LogP contribution in [0.5, 0.6) is 0 Å². The van der Waals surface area contributed by atoms with Gasteiger partial charge >= 0.3 is 0 Å². The van der Waals surface area contributed by atoms with Crippen LogP contribution in [0.2, 0.25) is 0 Å². The SMILES string of the molecule is Cc1ccc(C)c(S(=O)(=O)CCN(C)CC(=O)Nc2cccc(C)c2C)c1. The predicted molar refractivity (Wildman–Crippen MR) is 110 cm³/mol. The largest absolute Gasteiger partial charge is 0.325 e. The predicted octanol–water partition coefficient (Wildman–Crippen LogP) is 3.26. The lowest BCUT2D eigenvalue weighted by atomic mass is 10.1. The molecule has 6 heteroatoms. The number of sulfone groups is 1. The molecule has 0 saturated carbocycles. The van der Waals surface area contributed by atoms with E-state index in [4.69, 9.17) is 0 Å². The zero-order valence-electron chi connectivity index (χ0n) is 16.7. The van der Waals surface area contributed by atoms with E-state index in [-0.39, 0.29) is 24.7 Å². The second-order valence-electron chi connectivity index (χ2n) is 7.12. The summed E-state index contributed by atoms with van der Waals surface area (Å²) in [7, 11) is -1.64. The molecule has 5 nitrogen and oxygen atoms in total. The standard InChI is InChI=1S/C21H28N2O3S/c1-15-9-10-17(3)20(13-15)27(25,26)12-11-23(5)14-21(24)22-19-8-6-7-16(2)18(19)4/h6-10,13H,11-12,14H2,1-5H3,(H,22,24). The first-order chi connectivity index (χ1) is 12.6. The maximum Gasteiger partial charge on any atom is 0.238 e. The summed E-state index contributed by atoms with van der Waals surface area (Å²) in [5.74, 6) is -0.180. The molecule has 0 aliphatic carbocycles. The van der Waals surface area contributed by atoms with Crippen molar-refractivity contribution in [2.45, 2.75) is 32.6 Å². The molecule has 0 heterocycles. The Labute approximate surface area is 162 Å². The molecule has 2 rings (SSSR count). The first-order valence-corrected chi connectivity index (χ1v) is 10.6. The maximum atomic E-state index is 12.6. The zero-order chi connectivity index (χ0) is 20.2. The van der Waals surface area contributed by atoms with Crippen molar-refractivity contribution in [3.8, 4) is 0 Å². The number of carbonyl (C=O) groups excluding carboxylic acids is 1. The van der Waals surface area contributed by atoms with E-state index in [9.17, 15) is 13.2 Å². The highest BCUT2D eigenvalue weighted by molar-refractivity contribution is 7.91. The molecule has 2 aromatic rings. The molecule has 146 valence electrons. The van der Waals surface area contributed by atoms with Gasteiger partial charge in [-0.1, -0.05) is 24.3 Å². The number of nitrogens with one attached hydrogen (secondary N) is 1. The van der Waals surface area contributed by atoms with Crippen LogP contribution in [-0.2, 0) is 14.6 Å². The fourth-order valence-corrected chi connectivity index (χ4v) is 4.52. The molecule has 0 spiro atoms. The average Bonchev–Trinajstić information content (AvgIpc) is 2.59. The Balaban J connectivity index is 1.95. The average molecular weight is 389 g/mol. The van der Waals surface area contributed by atoms with Gasteiger partial charge in [0.05, 0.1) is 17.2 Å². The second kappa shape index (κ2) is 8.67. The summed E-state index contributed by atoms with van der Waals surface area (Å²) in [6, 6.07) is 11.2. The highest BCUT2D eigenvalue weighted by Crippen LogP contribution is 2.19. The highest BCUT2D eigenvalue weighted by Gasteiger charge is 2.19. The van der Waals surface area contributed by atoms with Crippen LogP contribution in [0.1, 0.15) is 22.3 Å². The van der Waals surface area contributed by atoms with Crippen molar-refractivity contribution in [2.75, 3.05) is 31.2 Å². The minimum absolute atomic E-state index is 0.0233. The molecule has 0 radical (unpaired) electrons. The normalized spacial score (nSPS) is 11.6. The van der Waals surface area contributed by atoms with Crippen LogP contribution in [0.15, 0.2) is 41.3 Å². The Kier molecular flexibility index (Phi) is 6.78. The van der Waals surface area contributed by atoms with E-state index in [2.05, 4.69) is 5.32 Å². The number of hydrogen-bond acceptors (Lipinski definition) is 4. The van der Waals surface area contributed by atoms with Crippen molar-refractivity contribution in [1.82, 2.24) is 4.90 Å². The number of nitrogens with zero attached hydrogens (tertiary/aromatic N) is 1. The third-order valence-electron chi connectivity index (χ3n) is 4.71. The molecule has 1 amide bonds.